The number of carbonyl (C=O) groups excluding carboxylic acids is 1. The number of aromatic nitrogens is 2. The highest BCUT2D eigenvalue weighted by Crippen LogP contribution is 2.23. The summed E-state index contributed by atoms with van der Waals surface area (Å²) in [5.74, 6) is -0.396. The summed E-state index contributed by atoms with van der Waals surface area (Å²) in [6, 6.07) is 7.63. The van der Waals surface area contributed by atoms with Gasteiger partial charge in [0.25, 0.3) is 11.5 Å². The summed E-state index contributed by atoms with van der Waals surface area (Å²) >= 11 is 0. The SMILES string of the molecule is Cc1cc(C)c(C(=O)Nc2cc3[nH]ccc3cc2C)c(=O)[nH]1. The Balaban J connectivity index is 2.00. The summed E-state index contributed by atoms with van der Waals surface area (Å²) in [6.07, 6.45) is 1.85. The van der Waals surface area contributed by atoms with E-state index >= 15 is 0 Å². The number of carbonyl (C=O) groups is 1. The van der Waals surface area contributed by atoms with Crippen molar-refractivity contribution in [3.63, 3.8) is 0 Å². The monoisotopic (exact) mass is 295 g/mol. The van der Waals surface area contributed by atoms with Gasteiger partial charge in [0, 0.05) is 23.1 Å². The maximum atomic E-state index is 12.5. The highest BCUT2D eigenvalue weighted by molar-refractivity contribution is 6.06. The number of pyridine rings is 1. The Morgan fingerprint density at radius 3 is 2.59 bits per heavy atom. The van der Waals surface area contributed by atoms with Crippen molar-refractivity contribution < 1.29 is 4.79 Å². The van der Waals surface area contributed by atoms with Gasteiger partial charge in [-0.1, -0.05) is 0 Å². The van der Waals surface area contributed by atoms with E-state index in [0.29, 0.717) is 11.3 Å². The van der Waals surface area contributed by atoms with Gasteiger partial charge in [-0.2, -0.15) is 0 Å². The number of hydrogen-bond acceptors (Lipinski definition) is 2. The standard InChI is InChI=1S/C17H17N3O2/c1-9-7-12-4-5-18-14(12)8-13(9)20-17(22)15-10(2)6-11(3)19-16(15)21/h4-8,18H,1-3H3,(H,19,21)(H,20,22). The molecule has 3 N–H and O–H groups in total. The van der Waals surface area contributed by atoms with Crippen molar-refractivity contribution in [3.8, 4) is 0 Å². The third kappa shape index (κ3) is 2.41. The Kier molecular flexibility index (Phi) is 3.33. The van der Waals surface area contributed by atoms with Crippen molar-refractivity contribution in [1.82, 2.24) is 9.97 Å². The molecule has 1 aromatic carbocycles. The number of anilines is 1. The first-order valence-electron chi connectivity index (χ1n) is 7.05. The lowest BCUT2D eigenvalue weighted by Crippen LogP contribution is -2.25. The van der Waals surface area contributed by atoms with Crippen LogP contribution in [0.1, 0.15) is 27.2 Å². The van der Waals surface area contributed by atoms with Crippen LogP contribution in [-0.4, -0.2) is 15.9 Å². The molecule has 0 bridgehead atoms. The van der Waals surface area contributed by atoms with Gasteiger partial charge < -0.3 is 15.3 Å². The third-order valence-electron chi connectivity index (χ3n) is 3.74. The molecule has 0 fully saturated rings. The molecule has 1 amide bonds. The van der Waals surface area contributed by atoms with Crippen molar-refractivity contribution >= 4 is 22.5 Å². The van der Waals surface area contributed by atoms with Crippen LogP contribution in [0.15, 0.2) is 35.3 Å². The van der Waals surface area contributed by atoms with Crippen molar-refractivity contribution in [2.24, 2.45) is 0 Å². The molecule has 0 aliphatic rings. The number of benzene rings is 1. The molecule has 2 heterocycles. The van der Waals surface area contributed by atoms with Gasteiger partial charge in [0.05, 0.1) is 0 Å². The van der Waals surface area contributed by atoms with E-state index in [2.05, 4.69) is 15.3 Å². The summed E-state index contributed by atoms with van der Waals surface area (Å²) < 4.78 is 0. The first kappa shape index (κ1) is 14.1. The predicted molar refractivity (Wildman–Crippen MR) is 87.5 cm³/mol. The number of aromatic amines is 2. The molecule has 3 aromatic rings. The summed E-state index contributed by atoms with van der Waals surface area (Å²) in [6.45, 7) is 5.48. The van der Waals surface area contributed by atoms with E-state index in [9.17, 15) is 9.59 Å². The predicted octanol–water partition coefficient (Wildman–Crippen LogP) is 3.03. The van der Waals surface area contributed by atoms with Crippen LogP contribution in [-0.2, 0) is 0 Å². The van der Waals surface area contributed by atoms with Crippen molar-refractivity contribution in [1.29, 1.82) is 0 Å². The summed E-state index contributed by atoms with van der Waals surface area (Å²) in [5, 5.41) is 3.91. The quantitative estimate of drug-likeness (QED) is 0.679. The molecule has 5 nitrogen and oxygen atoms in total. The average Bonchev–Trinajstić information content (AvgIpc) is 2.84. The van der Waals surface area contributed by atoms with E-state index in [1.807, 2.05) is 31.3 Å². The lowest BCUT2D eigenvalue weighted by molar-refractivity contribution is 0.102. The Bertz CT molecular complexity index is 935. The minimum atomic E-state index is -0.396. The van der Waals surface area contributed by atoms with Gasteiger partial charge >= 0.3 is 0 Å². The van der Waals surface area contributed by atoms with Crippen LogP contribution in [0.25, 0.3) is 10.9 Å². The number of nitrogens with one attached hydrogen (secondary N) is 3. The second-order valence-electron chi connectivity index (χ2n) is 5.53. The van der Waals surface area contributed by atoms with E-state index < -0.39 is 5.91 Å². The Morgan fingerprint density at radius 2 is 1.86 bits per heavy atom. The van der Waals surface area contributed by atoms with Gasteiger partial charge in [0.15, 0.2) is 0 Å². The fraction of sp³-hybridized carbons (Fsp3) is 0.176. The van der Waals surface area contributed by atoms with Gasteiger partial charge in [-0.15, -0.1) is 0 Å². The molecule has 0 saturated heterocycles. The zero-order valence-corrected chi connectivity index (χ0v) is 12.7. The van der Waals surface area contributed by atoms with E-state index in [0.717, 1.165) is 22.2 Å². The number of H-pyrrole nitrogens is 2. The molecule has 0 saturated carbocycles. The number of amides is 1. The van der Waals surface area contributed by atoms with Gasteiger partial charge in [-0.25, -0.2) is 0 Å². The molecule has 0 aliphatic carbocycles. The molecule has 0 spiro atoms. The molecule has 0 unspecified atom stereocenters. The molecular weight excluding hydrogens is 278 g/mol. The van der Waals surface area contributed by atoms with Crippen LogP contribution in [0.2, 0.25) is 0 Å². The number of aryl methyl sites for hydroxylation is 3. The molecule has 0 radical (unpaired) electrons. The lowest BCUT2D eigenvalue weighted by atomic mass is 10.1. The Morgan fingerprint density at radius 1 is 1.09 bits per heavy atom. The van der Waals surface area contributed by atoms with Crippen molar-refractivity contribution in [2.75, 3.05) is 5.32 Å². The number of fused-ring (bicyclic) bond motifs is 1. The highest BCUT2D eigenvalue weighted by Gasteiger charge is 2.15. The molecule has 2 aromatic heterocycles. The van der Waals surface area contributed by atoms with E-state index in [1.165, 1.54) is 0 Å². The minimum Gasteiger partial charge on any atom is -0.361 e. The summed E-state index contributed by atoms with van der Waals surface area (Å²) in [4.78, 5) is 30.3. The molecule has 3 rings (SSSR count). The highest BCUT2D eigenvalue weighted by atomic mass is 16.2. The normalized spacial score (nSPS) is 10.9. The smallest absolute Gasteiger partial charge is 0.261 e. The van der Waals surface area contributed by atoms with Crippen LogP contribution in [0, 0.1) is 20.8 Å². The van der Waals surface area contributed by atoms with Crippen LogP contribution in [0.3, 0.4) is 0 Å². The average molecular weight is 295 g/mol. The zero-order chi connectivity index (χ0) is 15.9. The van der Waals surface area contributed by atoms with Gasteiger partial charge in [-0.3, -0.25) is 9.59 Å². The maximum absolute atomic E-state index is 12.5. The maximum Gasteiger partial charge on any atom is 0.261 e. The minimum absolute atomic E-state index is 0.150. The topological polar surface area (TPSA) is 77.8 Å². The van der Waals surface area contributed by atoms with E-state index in [4.69, 9.17) is 0 Å². The Labute approximate surface area is 127 Å². The second kappa shape index (κ2) is 5.18. The van der Waals surface area contributed by atoms with Crippen molar-refractivity contribution in [3.05, 3.63) is 63.2 Å². The fourth-order valence-corrected chi connectivity index (χ4v) is 2.67. The lowest BCUT2D eigenvalue weighted by Gasteiger charge is -2.10. The van der Waals surface area contributed by atoms with Crippen LogP contribution in [0.4, 0.5) is 5.69 Å². The fourth-order valence-electron chi connectivity index (χ4n) is 2.67. The van der Waals surface area contributed by atoms with Gasteiger partial charge in [0.2, 0.25) is 0 Å². The number of rotatable bonds is 2. The second-order valence-corrected chi connectivity index (χ2v) is 5.53. The van der Waals surface area contributed by atoms with Gasteiger partial charge in [-0.05, 0) is 61.5 Å². The molecule has 5 heteroatoms. The first-order chi connectivity index (χ1) is 10.5. The number of hydrogen-bond donors (Lipinski definition) is 3. The third-order valence-corrected chi connectivity index (χ3v) is 3.74. The van der Waals surface area contributed by atoms with Crippen LogP contribution in [0.5, 0.6) is 0 Å². The largest absolute Gasteiger partial charge is 0.361 e. The molecule has 0 aliphatic heterocycles. The molecular formula is C17H17N3O2. The molecule has 0 atom stereocenters. The van der Waals surface area contributed by atoms with Crippen molar-refractivity contribution in [2.45, 2.75) is 20.8 Å². The molecule has 112 valence electrons. The van der Waals surface area contributed by atoms with Gasteiger partial charge in [0.1, 0.15) is 5.56 Å². The van der Waals surface area contributed by atoms with E-state index in [1.54, 1.807) is 19.9 Å². The Hall–Kier alpha value is -2.82. The molecule has 22 heavy (non-hydrogen) atoms. The van der Waals surface area contributed by atoms with E-state index in [-0.39, 0.29) is 11.1 Å². The van der Waals surface area contributed by atoms with Crippen LogP contribution >= 0.6 is 0 Å². The first-order valence-corrected chi connectivity index (χ1v) is 7.05. The summed E-state index contributed by atoms with van der Waals surface area (Å²) in [5.41, 5.74) is 3.77. The van der Waals surface area contributed by atoms with Crippen LogP contribution < -0.4 is 10.9 Å². The summed E-state index contributed by atoms with van der Waals surface area (Å²) in [7, 11) is 0. The zero-order valence-electron chi connectivity index (χ0n) is 12.7.